The lowest BCUT2D eigenvalue weighted by molar-refractivity contribution is -0.385. The van der Waals surface area contributed by atoms with E-state index in [1.165, 1.54) is 6.07 Å². The van der Waals surface area contributed by atoms with Crippen LogP contribution in [0.2, 0.25) is 0 Å². The van der Waals surface area contributed by atoms with Crippen LogP contribution in [0, 0.1) is 10.1 Å². The lowest BCUT2D eigenvalue weighted by Gasteiger charge is -2.02. The van der Waals surface area contributed by atoms with Crippen molar-refractivity contribution in [3.8, 4) is 0 Å². The molecule has 0 saturated heterocycles. The number of nitro benzene ring substituents is 1. The van der Waals surface area contributed by atoms with Gasteiger partial charge >= 0.3 is 5.43 Å². The Kier molecular flexibility index (Phi) is 4.05. The predicted molar refractivity (Wildman–Crippen MR) is 54.0 cm³/mol. The smallest absolute Gasteiger partial charge is 0.403 e. The molecule has 0 saturated carbocycles. The first-order valence-corrected chi connectivity index (χ1v) is 4.53. The van der Waals surface area contributed by atoms with Gasteiger partial charge in [-0.3, -0.25) is 10.1 Å². The lowest BCUT2D eigenvalue weighted by atomic mass is 10.1. The molecule has 0 amide bonds. The maximum atomic E-state index is 10.6. The van der Waals surface area contributed by atoms with E-state index in [1.54, 1.807) is 18.2 Å². The molecular formula is C9H8ClNO4. The molecule has 15 heavy (non-hydrogen) atoms. The number of ether oxygens (including phenoxy) is 1. The van der Waals surface area contributed by atoms with Gasteiger partial charge in [0, 0.05) is 29.7 Å². The molecule has 0 aromatic heterocycles. The van der Waals surface area contributed by atoms with Gasteiger partial charge in [-0.05, 0) is 0 Å². The van der Waals surface area contributed by atoms with Crippen molar-refractivity contribution in [1.82, 2.24) is 0 Å². The molecule has 1 rings (SSSR count). The summed E-state index contributed by atoms with van der Waals surface area (Å²) in [5.74, 6) is 0. The Bertz CT molecular complexity index is 380. The number of nitro groups is 1. The van der Waals surface area contributed by atoms with E-state index in [1.807, 2.05) is 0 Å². The van der Waals surface area contributed by atoms with Crippen molar-refractivity contribution in [3.05, 3.63) is 39.9 Å². The Balaban J connectivity index is 2.67. The minimum atomic E-state index is -0.909. The number of rotatable bonds is 4. The molecule has 1 aromatic rings. The van der Waals surface area contributed by atoms with E-state index in [0.29, 0.717) is 5.56 Å². The summed E-state index contributed by atoms with van der Waals surface area (Å²) < 4.78 is 4.48. The fraction of sp³-hybridized carbons (Fsp3) is 0.222. The van der Waals surface area contributed by atoms with Crippen LogP contribution in [-0.2, 0) is 11.2 Å². The summed E-state index contributed by atoms with van der Waals surface area (Å²) in [5, 5.41) is 10.6. The molecular weight excluding hydrogens is 222 g/mol. The molecule has 80 valence electrons. The van der Waals surface area contributed by atoms with Gasteiger partial charge in [-0.1, -0.05) is 18.2 Å². The predicted octanol–water partition coefficient (Wildman–Crippen LogP) is 2.51. The number of para-hydroxylation sites is 1. The summed E-state index contributed by atoms with van der Waals surface area (Å²) in [5.41, 5.74) is -0.378. The number of benzene rings is 1. The van der Waals surface area contributed by atoms with E-state index in [-0.39, 0.29) is 18.7 Å². The quantitative estimate of drug-likeness (QED) is 0.452. The van der Waals surface area contributed by atoms with E-state index in [4.69, 9.17) is 11.6 Å². The molecule has 0 spiro atoms. The van der Waals surface area contributed by atoms with Gasteiger partial charge in [0.15, 0.2) is 0 Å². The van der Waals surface area contributed by atoms with Crippen molar-refractivity contribution in [2.75, 3.05) is 6.61 Å². The van der Waals surface area contributed by atoms with Crippen molar-refractivity contribution >= 4 is 22.7 Å². The number of carbonyl (C=O) groups is 1. The Labute approximate surface area is 90.8 Å². The zero-order valence-electron chi connectivity index (χ0n) is 7.68. The number of halogens is 1. The van der Waals surface area contributed by atoms with Crippen LogP contribution in [0.4, 0.5) is 10.5 Å². The topological polar surface area (TPSA) is 69.4 Å². The van der Waals surface area contributed by atoms with Gasteiger partial charge in [-0.15, -0.1) is 0 Å². The van der Waals surface area contributed by atoms with E-state index in [9.17, 15) is 14.9 Å². The molecule has 0 aliphatic rings. The van der Waals surface area contributed by atoms with Crippen LogP contribution in [0.5, 0.6) is 0 Å². The lowest BCUT2D eigenvalue weighted by Crippen LogP contribution is -2.02. The Hall–Kier alpha value is -1.62. The van der Waals surface area contributed by atoms with Crippen LogP contribution in [0.25, 0.3) is 0 Å². The van der Waals surface area contributed by atoms with Gasteiger partial charge in [0.25, 0.3) is 5.69 Å². The number of hydrogen-bond acceptors (Lipinski definition) is 4. The van der Waals surface area contributed by atoms with Crippen LogP contribution >= 0.6 is 11.6 Å². The average Bonchev–Trinajstić information content (AvgIpc) is 2.17. The molecule has 1 aromatic carbocycles. The van der Waals surface area contributed by atoms with Crippen molar-refractivity contribution < 1.29 is 14.5 Å². The SMILES string of the molecule is O=C(Cl)OCCc1ccccc1[N+](=O)[O-]. The fourth-order valence-electron chi connectivity index (χ4n) is 1.14. The molecule has 6 heteroatoms. The van der Waals surface area contributed by atoms with Gasteiger partial charge in [0.1, 0.15) is 0 Å². The van der Waals surface area contributed by atoms with Crippen LogP contribution in [0.1, 0.15) is 5.56 Å². The monoisotopic (exact) mass is 229 g/mol. The first kappa shape index (κ1) is 11.5. The second-order valence-corrected chi connectivity index (χ2v) is 3.03. The van der Waals surface area contributed by atoms with Crippen molar-refractivity contribution in [3.63, 3.8) is 0 Å². The van der Waals surface area contributed by atoms with Gasteiger partial charge in [0.2, 0.25) is 0 Å². The highest BCUT2D eigenvalue weighted by Gasteiger charge is 2.11. The zero-order chi connectivity index (χ0) is 11.3. The minimum absolute atomic E-state index is 0.0168. The first-order valence-electron chi connectivity index (χ1n) is 4.16. The third kappa shape index (κ3) is 3.55. The van der Waals surface area contributed by atoms with E-state index < -0.39 is 10.4 Å². The van der Waals surface area contributed by atoms with E-state index in [2.05, 4.69) is 4.74 Å². The third-order valence-corrected chi connectivity index (χ3v) is 1.88. The molecule has 0 unspecified atom stereocenters. The van der Waals surface area contributed by atoms with Crippen LogP contribution in [0.3, 0.4) is 0 Å². The maximum absolute atomic E-state index is 10.6. The maximum Gasteiger partial charge on any atom is 0.403 e. The van der Waals surface area contributed by atoms with E-state index in [0.717, 1.165) is 0 Å². The minimum Gasteiger partial charge on any atom is -0.453 e. The Morgan fingerprint density at radius 1 is 1.47 bits per heavy atom. The van der Waals surface area contributed by atoms with Crippen molar-refractivity contribution in [2.24, 2.45) is 0 Å². The van der Waals surface area contributed by atoms with Crippen molar-refractivity contribution in [1.29, 1.82) is 0 Å². The first-order chi connectivity index (χ1) is 7.11. The molecule has 0 N–H and O–H groups in total. The molecule has 0 aliphatic heterocycles. The summed E-state index contributed by atoms with van der Waals surface area (Å²) in [7, 11) is 0. The van der Waals surface area contributed by atoms with Gasteiger partial charge in [-0.2, -0.15) is 0 Å². The van der Waals surface area contributed by atoms with Crippen LogP contribution in [0.15, 0.2) is 24.3 Å². The molecule has 0 heterocycles. The highest BCUT2D eigenvalue weighted by molar-refractivity contribution is 6.61. The molecule has 5 nitrogen and oxygen atoms in total. The zero-order valence-corrected chi connectivity index (χ0v) is 8.44. The standard InChI is InChI=1S/C9H8ClNO4/c10-9(12)15-6-5-7-3-1-2-4-8(7)11(13)14/h1-4H,5-6H2. The third-order valence-electron chi connectivity index (χ3n) is 1.78. The van der Waals surface area contributed by atoms with Crippen LogP contribution in [-0.4, -0.2) is 17.0 Å². The largest absolute Gasteiger partial charge is 0.453 e. The molecule has 0 atom stereocenters. The Morgan fingerprint density at radius 2 is 2.13 bits per heavy atom. The highest BCUT2D eigenvalue weighted by Crippen LogP contribution is 2.17. The number of hydrogen-bond donors (Lipinski definition) is 0. The fourth-order valence-corrected chi connectivity index (χ4v) is 1.22. The normalized spacial score (nSPS) is 9.67. The average molecular weight is 230 g/mol. The number of nitrogens with zero attached hydrogens (tertiary/aromatic N) is 1. The van der Waals surface area contributed by atoms with Gasteiger partial charge in [-0.25, -0.2) is 4.79 Å². The highest BCUT2D eigenvalue weighted by atomic mass is 35.5. The van der Waals surface area contributed by atoms with Crippen LogP contribution < -0.4 is 0 Å². The number of carbonyl (C=O) groups excluding carboxylic acids is 1. The summed E-state index contributed by atoms with van der Waals surface area (Å²) in [6.45, 7) is 0.0349. The van der Waals surface area contributed by atoms with Gasteiger partial charge < -0.3 is 4.74 Å². The Morgan fingerprint density at radius 3 is 2.73 bits per heavy atom. The summed E-state index contributed by atoms with van der Waals surface area (Å²) in [6.07, 6.45) is 0.273. The summed E-state index contributed by atoms with van der Waals surface area (Å²) in [4.78, 5) is 20.4. The molecule has 0 aliphatic carbocycles. The molecule has 0 radical (unpaired) electrons. The van der Waals surface area contributed by atoms with E-state index >= 15 is 0 Å². The van der Waals surface area contributed by atoms with Crippen molar-refractivity contribution in [2.45, 2.75) is 6.42 Å². The molecule has 0 bridgehead atoms. The second kappa shape index (κ2) is 5.31. The second-order valence-electron chi connectivity index (χ2n) is 2.72. The summed E-state index contributed by atoms with van der Waals surface area (Å²) in [6, 6.07) is 6.28. The van der Waals surface area contributed by atoms with Gasteiger partial charge in [0.05, 0.1) is 11.5 Å². The molecule has 0 fully saturated rings. The summed E-state index contributed by atoms with van der Waals surface area (Å²) >= 11 is 4.95.